The zero-order valence-electron chi connectivity index (χ0n) is 22.8. The maximum absolute atomic E-state index is 4.96. The largest absolute Gasteiger partial charge is 0.208 e. The maximum atomic E-state index is 4.96. The lowest BCUT2D eigenvalue weighted by Gasteiger charge is -2.13. The average Bonchev–Trinajstić information content (AvgIpc) is 3.08. The van der Waals surface area contributed by atoms with Gasteiger partial charge in [-0.15, -0.1) is 0 Å². The molecule has 3 nitrogen and oxygen atoms in total. The van der Waals surface area contributed by atoms with Crippen molar-refractivity contribution in [1.82, 2.24) is 15.0 Å². The van der Waals surface area contributed by atoms with Crippen LogP contribution >= 0.6 is 0 Å². The predicted molar refractivity (Wildman–Crippen MR) is 174 cm³/mol. The zero-order chi connectivity index (χ0) is 27.9. The van der Waals surface area contributed by atoms with Gasteiger partial charge in [0, 0.05) is 16.7 Å². The Kier molecular flexibility index (Phi) is 5.79. The van der Waals surface area contributed by atoms with Crippen molar-refractivity contribution in [3.8, 4) is 45.3 Å². The third-order valence-electron chi connectivity index (χ3n) is 7.90. The number of hydrogen-bond acceptors (Lipinski definition) is 3. The molecule has 0 aliphatic carbocycles. The van der Waals surface area contributed by atoms with Crippen molar-refractivity contribution in [2.45, 2.75) is 0 Å². The maximum Gasteiger partial charge on any atom is 0.164 e. The third-order valence-corrected chi connectivity index (χ3v) is 7.90. The summed E-state index contributed by atoms with van der Waals surface area (Å²) in [6, 6.07) is 52.9. The van der Waals surface area contributed by atoms with E-state index in [1.165, 1.54) is 37.9 Å². The van der Waals surface area contributed by atoms with Crippen molar-refractivity contribution in [1.29, 1.82) is 0 Å². The standard InChI is InChI=1S/C39H25N3/c1-3-12-28(13-4-1)37-40-38(29-14-5-2-6-15-29)42-39(41-37)31-18-9-17-30(25-31)33-20-10-16-27-22-23-34-32-19-8-7-11-26(32)21-24-35(34)36(27)33/h1-25H. The highest BCUT2D eigenvalue weighted by atomic mass is 15.0. The van der Waals surface area contributed by atoms with Gasteiger partial charge >= 0.3 is 0 Å². The van der Waals surface area contributed by atoms with E-state index in [1.54, 1.807) is 0 Å². The van der Waals surface area contributed by atoms with E-state index in [-0.39, 0.29) is 0 Å². The van der Waals surface area contributed by atoms with Crippen LogP contribution < -0.4 is 0 Å². The van der Waals surface area contributed by atoms with Crippen LogP contribution in [-0.4, -0.2) is 15.0 Å². The van der Waals surface area contributed by atoms with Crippen molar-refractivity contribution in [2.24, 2.45) is 0 Å². The van der Waals surface area contributed by atoms with Crippen molar-refractivity contribution in [2.75, 3.05) is 0 Å². The molecule has 0 saturated heterocycles. The van der Waals surface area contributed by atoms with Crippen molar-refractivity contribution < 1.29 is 0 Å². The van der Waals surface area contributed by atoms with Gasteiger partial charge in [0.1, 0.15) is 0 Å². The molecule has 0 aliphatic heterocycles. The average molecular weight is 536 g/mol. The summed E-state index contributed by atoms with van der Waals surface area (Å²) >= 11 is 0. The molecular weight excluding hydrogens is 510 g/mol. The van der Waals surface area contributed by atoms with Crippen LogP contribution in [0.25, 0.3) is 77.6 Å². The molecule has 0 fully saturated rings. The predicted octanol–water partition coefficient (Wildman–Crippen LogP) is 10.00. The summed E-state index contributed by atoms with van der Waals surface area (Å²) in [4.78, 5) is 14.8. The van der Waals surface area contributed by atoms with Crippen LogP contribution in [0.1, 0.15) is 0 Å². The second-order valence-corrected chi connectivity index (χ2v) is 10.5. The minimum atomic E-state index is 0.653. The van der Waals surface area contributed by atoms with Gasteiger partial charge in [0.2, 0.25) is 0 Å². The van der Waals surface area contributed by atoms with Gasteiger partial charge in [-0.2, -0.15) is 0 Å². The molecule has 0 aliphatic rings. The molecule has 1 heterocycles. The smallest absolute Gasteiger partial charge is 0.164 e. The Morgan fingerprint density at radius 2 is 0.833 bits per heavy atom. The Bertz CT molecular complexity index is 2180. The molecule has 0 atom stereocenters. The monoisotopic (exact) mass is 535 g/mol. The van der Waals surface area contributed by atoms with Crippen molar-refractivity contribution >= 4 is 32.3 Å². The molecule has 0 amide bonds. The number of aromatic nitrogens is 3. The Morgan fingerprint density at radius 1 is 0.310 bits per heavy atom. The van der Waals surface area contributed by atoms with E-state index in [9.17, 15) is 0 Å². The summed E-state index contributed by atoms with van der Waals surface area (Å²) < 4.78 is 0. The lowest BCUT2D eigenvalue weighted by molar-refractivity contribution is 1.07. The van der Waals surface area contributed by atoms with Crippen molar-refractivity contribution in [3.05, 3.63) is 152 Å². The van der Waals surface area contributed by atoms with Gasteiger partial charge in [-0.1, -0.05) is 146 Å². The summed E-state index contributed by atoms with van der Waals surface area (Å²) in [7, 11) is 0. The fraction of sp³-hybridized carbons (Fsp3) is 0. The first-order valence-electron chi connectivity index (χ1n) is 14.1. The summed E-state index contributed by atoms with van der Waals surface area (Å²) in [5.41, 5.74) is 5.19. The lowest BCUT2D eigenvalue weighted by atomic mass is 9.91. The van der Waals surface area contributed by atoms with E-state index in [0.29, 0.717) is 17.5 Å². The van der Waals surface area contributed by atoms with Gasteiger partial charge in [0.15, 0.2) is 17.5 Å². The van der Waals surface area contributed by atoms with Crippen LogP contribution in [-0.2, 0) is 0 Å². The van der Waals surface area contributed by atoms with Crippen LogP contribution in [0.3, 0.4) is 0 Å². The van der Waals surface area contributed by atoms with Gasteiger partial charge < -0.3 is 0 Å². The van der Waals surface area contributed by atoms with Gasteiger partial charge in [-0.05, 0) is 49.5 Å². The van der Waals surface area contributed by atoms with E-state index < -0.39 is 0 Å². The topological polar surface area (TPSA) is 38.7 Å². The molecule has 1 aromatic heterocycles. The zero-order valence-corrected chi connectivity index (χ0v) is 22.8. The van der Waals surface area contributed by atoms with E-state index >= 15 is 0 Å². The number of nitrogens with zero attached hydrogens (tertiary/aromatic N) is 3. The Hall–Kier alpha value is -5.67. The Morgan fingerprint density at radius 3 is 1.57 bits per heavy atom. The summed E-state index contributed by atoms with van der Waals surface area (Å²) in [6.45, 7) is 0. The van der Waals surface area contributed by atoms with E-state index in [2.05, 4.69) is 91.0 Å². The first-order chi connectivity index (χ1) is 20.8. The van der Waals surface area contributed by atoms with E-state index in [1.807, 2.05) is 60.7 Å². The number of fused-ring (bicyclic) bond motifs is 5. The molecular formula is C39H25N3. The first kappa shape index (κ1) is 24.2. The van der Waals surface area contributed by atoms with Gasteiger partial charge in [0.25, 0.3) is 0 Å². The molecule has 3 heteroatoms. The molecule has 42 heavy (non-hydrogen) atoms. The molecule has 0 bridgehead atoms. The van der Waals surface area contributed by atoms with E-state index in [0.717, 1.165) is 22.3 Å². The molecule has 7 aromatic carbocycles. The summed E-state index contributed by atoms with van der Waals surface area (Å²) in [5, 5.41) is 7.52. The number of benzene rings is 7. The van der Waals surface area contributed by atoms with Crippen LogP contribution in [0.2, 0.25) is 0 Å². The highest BCUT2D eigenvalue weighted by Crippen LogP contribution is 2.38. The quantitative estimate of drug-likeness (QED) is 0.211. The molecule has 0 N–H and O–H groups in total. The van der Waals surface area contributed by atoms with Crippen LogP contribution in [0, 0.1) is 0 Å². The van der Waals surface area contributed by atoms with Gasteiger partial charge in [-0.3, -0.25) is 0 Å². The molecule has 8 aromatic rings. The molecule has 8 rings (SSSR count). The highest BCUT2D eigenvalue weighted by molar-refractivity contribution is 6.20. The fourth-order valence-electron chi connectivity index (χ4n) is 5.88. The van der Waals surface area contributed by atoms with Crippen LogP contribution in [0.4, 0.5) is 0 Å². The first-order valence-corrected chi connectivity index (χ1v) is 14.1. The summed E-state index contributed by atoms with van der Waals surface area (Å²) in [6.07, 6.45) is 0. The van der Waals surface area contributed by atoms with Crippen molar-refractivity contribution in [3.63, 3.8) is 0 Å². The van der Waals surface area contributed by atoms with E-state index in [4.69, 9.17) is 15.0 Å². The SMILES string of the molecule is c1ccc(-c2nc(-c3ccccc3)nc(-c3cccc(-c4cccc5ccc6c7ccccc7ccc6c45)c3)n2)cc1. The Labute approximate surface area is 243 Å². The minimum Gasteiger partial charge on any atom is -0.208 e. The molecule has 0 spiro atoms. The highest BCUT2D eigenvalue weighted by Gasteiger charge is 2.14. The number of hydrogen-bond donors (Lipinski definition) is 0. The second-order valence-electron chi connectivity index (χ2n) is 10.5. The van der Waals surface area contributed by atoms with Crippen LogP contribution in [0.5, 0.6) is 0 Å². The fourth-order valence-corrected chi connectivity index (χ4v) is 5.88. The second kappa shape index (κ2) is 10.1. The Balaban J connectivity index is 1.33. The van der Waals surface area contributed by atoms with Gasteiger partial charge in [-0.25, -0.2) is 15.0 Å². The molecule has 196 valence electrons. The molecule has 0 radical (unpaired) electrons. The number of rotatable bonds is 4. The molecule has 0 saturated carbocycles. The normalized spacial score (nSPS) is 11.3. The third kappa shape index (κ3) is 4.20. The summed E-state index contributed by atoms with van der Waals surface area (Å²) in [5.74, 6) is 1.97. The minimum absolute atomic E-state index is 0.653. The molecule has 0 unspecified atom stereocenters. The lowest BCUT2D eigenvalue weighted by Crippen LogP contribution is -2.00. The van der Waals surface area contributed by atoms with Gasteiger partial charge in [0.05, 0.1) is 0 Å². The van der Waals surface area contributed by atoms with Crippen LogP contribution in [0.15, 0.2) is 152 Å².